The van der Waals surface area contributed by atoms with Crippen LogP contribution in [-0.2, 0) is 24.4 Å². The minimum absolute atomic E-state index is 0.0658. The molecule has 0 aliphatic heterocycles. The first-order valence-corrected chi connectivity index (χ1v) is 10.4. The molecule has 3 rings (SSSR count). The fraction of sp³-hybridized carbons (Fsp3) is 0.273. The summed E-state index contributed by atoms with van der Waals surface area (Å²) in [6, 6.07) is 6.74. The van der Waals surface area contributed by atoms with Crippen LogP contribution in [0.3, 0.4) is 0 Å². The second-order valence-electron chi connectivity index (χ2n) is 7.60. The molecule has 0 aliphatic rings. The fourth-order valence-corrected chi connectivity index (χ4v) is 3.59. The van der Waals surface area contributed by atoms with Crippen molar-refractivity contribution in [3.63, 3.8) is 0 Å². The molecule has 1 amide bonds. The summed E-state index contributed by atoms with van der Waals surface area (Å²) >= 11 is 6.04. The Balaban J connectivity index is 1.77. The van der Waals surface area contributed by atoms with Gasteiger partial charge in [-0.1, -0.05) is 11.6 Å². The van der Waals surface area contributed by atoms with E-state index in [4.69, 9.17) is 17.3 Å². The Kier molecular flexibility index (Phi) is 7.17. The number of nitrogens with one attached hydrogen (secondary N) is 2. The number of nitrogens with two attached hydrogens (primary N) is 1. The number of amides is 1. The maximum atomic E-state index is 13.5. The molecule has 33 heavy (non-hydrogen) atoms. The number of benzene rings is 1. The highest BCUT2D eigenvalue weighted by atomic mass is 35.5. The standard InChI is InChI=1S/C22H24ClFN6O3/c1-12-6-19(25)28-14(3)17(12)10-26-20(31)11-29-13(2)7-21(32)30(22(29)33)27-9-15-8-16(24)4-5-18(15)23/h4-8,27H,9-11H2,1-3H3,(H2,25,28)(H,26,31). The third-order valence-corrected chi connectivity index (χ3v) is 5.54. The lowest BCUT2D eigenvalue weighted by molar-refractivity contribution is -0.121. The predicted molar refractivity (Wildman–Crippen MR) is 124 cm³/mol. The predicted octanol–water partition coefficient (Wildman–Crippen LogP) is 1.77. The van der Waals surface area contributed by atoms with Crippen molar-refractivity contribution < 1.29 is 9.18 Å². The number of aryl methyl sites for hydroxylation is 3. The Bertz CT molecular complexity index is 1310. The van der Waals surface area contributed by atoms with Gasteiger partial charge in [0.15, 0.2) is 0 Å². The van der Waals surface area contributed by atoms with Crippen molar-refractivity contribution in [2.75, 3.05) is 11.2 Å². The van der Waals surface area contributed by atoms with Gasteiger partial charge in [-0.3, -0.25) is 14.2 Å². The van der Waals surface area contributed by atoms with Crippen molar-refractivity contribution in [3.05, 3.63) is 90.1 Å². The van der Waals surface area contributed by atoms with E-state index in [9.17, 15) is 18.8 Å². The molecule has 0 fully saturated rings. The quantitative estimate of drug-likeness (QED) is 0.479. The smallest absolute Gasteiger partial charge is 0.350 e. The Morgan fingerprint density at radius 2 is 1.88 bits per heavy atom. The average Bonchev–Trinajstić information content (AvgIpc) is 2.72. The molecule has 9 nitrogen and oxygen atoms in total. The number of hydrogen-bond donors (Lipinski definition) is 3. The molecule has 1 aromatic carbocycles. The molecule has 0 saturated heterocycles. The molecule has 0 radical (unpaired) electrons. The van der Waals surface area contributed by atoms with Gasteiger partial charge in [-0.2, -0.15) is 4.68 Å². The first-order chi connectivity index (χ1) is 15.6. The molecule has 0 spiro atoms. The summed E-state index contributed by atoms with van der Waals surface area (Å²) in [5, 5.41) is 3.05. The maximum Gasteiger partial charge on any atom is 0.350 e. The SMILES string of the molecule is Cc1cc(N)nc(C)c1CNC(=O)Cn1c(C)cc(=O)n(NCc2cc(F)ccc2Cl)c1=O. The van der Waals surface area contributed by atoms with E-state index in [2.05, 4.69) is 15.7 Å². The van der Waals surface area contributed by atoms with Gasteiger partial charge < -0.3 is 16.5 Å². The number of carbonyl (C=O) groups excluding carboxylic acids is 1. The second-order valence-corrected chi connectivity index (χ2v) is 8.01. The first-order valence-electron chi connectivity index (χ1n) is 10.1. The molecule has 174 valence electrons. The zero-order valence-corrected chi connectivity index (χ0v) is 19.2. The molecule has 0 aliphatic carbocycles. The molecule has 2 aromatic heterocycles. The lowest BCUT2D eigenvalue weighted by atomic mass is 10.1. The maximum absolute atomic E-state index is 13.5. The Morgan fingerprint density at radius 3 is 2.58 bits per heavy atom. The summed E-state index contributed by atoms with van der Waals surface area (Å²) in [6.45, 7) is 5.08. The minimum atomic E-state index is -0.732. The monoisotopic (exact) mass is 474 g/mol. The summed E-state index contributed by atoms with van der Waals surface area (Å²) in [5.74, 6) is -0.519. The zero-order chi connectivity index (χ0) is 24.3. The van der Waals surface area contributed by atoms with Gasteiger partial charge in [0.2, 0.25) is 5.91 Å². The van der Waals surface area contributed by atoms with Gasteiger partial charge in [0.25, 0.3) is 5.56 Å². The van der Waals surface area contributed by atoms with Crippen LogP contribution in [0.25, 0.3) is 0 Å². The number of carbonyl (C=O) groups is 1. The van der Waals surface area contributed by atoms with Gasteiger partial charge in [-0.15, -0.1) is 0 Å². The fourth-order valence-electron chi connectivity index (χ4n) is 3.41. The van der Waals surface area contributed by atoms with Gasteiger partial charge in [0.1, 0.15) is 18.2 Å². The van der Waals surface area contributed by atoms with Crippen LogP contribution in [0.15, 0.2) is 39.9 Å². The third-order valence-electron chi connectivity index (χ3n) is 5.17. The van der Waals surface area contributed by atoms with E-state index in [0.717, 1.165) is 20.4 Å². The van der Waals surface area contributed by atoms with Crippen LogP contribution in [0.4, 0.5) is 10.2 Å². The van der Waals surface area contributed by atoms with Crippen molar-refractivity contribution in [1.29, 1.82) is 0 Å². The average molecular weight is 475 g/mol. The molecule has 0 unspecified atom stereocenters. The van der Waals surface area contributed by atoms with E-state index >= 15 is 0 Å². The van der Waals surface area contributed by atoms with E-state index in [1.165, 1.54) is 24.3 Å². The molecule has 0 atom stereocenters. The molecule has 11 heteroatoms. The largest absolute Gasteiger partial charge is 0.384 e. The first kappa shape index (κ1) is 24.0. The van der Waals surface area contributed by atoms with Crippen LogP contribution >= 0.6 is 11.6 Å². The minimum Gasteiger partial charge on any atom is -0.384 e. The Morgan fingerprint density at radius 1 is 1.15 bits per heavy atom. The molecule has 0 bridgehead atoms. The van der Waals surface area contributed by atoms with Crippen molar-refractivity contribution in [2.24, 2.45) is 0 Å². The Labute approximate surface area is 194 Å². The number of aromatic nitrogens is 3. The van der Waals surface area contributed by atoms with Crippen LogP contribution in [0.2, 0.25) is 5.02 Å². The lowest BCUT2D eigenvalue weighted by Crippen LogP contribution is -2.46. The van der Waals surface area contributed by atoms with Crippen LogP contribution in [-0.4, -0.2) is 20.1 Å². The lowest BCUT2D eigenvalue weighted by Gasteiger charge is -2.15. The van der Waals surface area contributed by atoms with Gasteiger partial charge in [0, 0.05) is 29.0 Å². The van der Waals surface area contributed by atoms with E-state index in [0.29, 0.717) is 22.8 Å². The number of halogens is 2. The molecule has 4 N–H and O–H groups in total. The third kappa shape index (κ3) is 5.58. The topological polar surface area (TPSA) is 124 Å². The molecule has 3 aromatic rings. The highest BCUT2D eigenvalue weighted by Crippen LogP contribution is 2.17. The second kappa shape index (κ2) is 9.86. The summed E-state index contributed by atoms with van der Waals surface area (Å²) in [7, 11) is 0. The van der Waals surface area contributed by atoms with E-state index in [1.807, 2.05) is 6.92 Å². The van der Waals surface area contributed by atoms with E-state index in [1.54, 1.807) is 19.9 Å². The van der Waals surface area contributed by atoms with Crippen molar-refractivity contribution in [1.82, 2.24) is 19.5 Å². The highest BCUT2D eigenvalue weighted by molar-refractivity contribution is 6.31. The normalized spacial score (nSPS) is 10.8. The highest BCUT2D eigenvalue weighted by Gasteiger charge is 2.14. The number of rotatable bonds is 7. The summed E-state index contributed by atoms with van der Waals surface area (Å²) < 4.78 is 15.4. The Hall–Kier alpha value is -3.66. The summed E-state index contributed by atoms with van der Waals surface area (Å²) in [6.07, 6.45) is 0. The van der Waals surface area contributed by atoms with Crippen molar-refractivity contribution in [2.45, 2.75) is 40.4 Å². The molecule has 0 saturated carbocycles. The van der Waals surface area contributed by atoms with E-state index < -0.39 is 23.0 Å². The van der Waals surface area contributed by atoms with Crippen molar-refractivity contribution >= 4 is 23.3 Å². The number of anilines is 1. The van der Waals surface area contributed by atoms with Crippen molar-refractivity contribution in [3.8, 4) is 0 Å². The van der Waals surface area contributed by atoms with Gasteiger partial charge in [-0.25, -0.2) is 14.2 Å². The van der Waals surface area contributed by atoms with Crippen LogP contribution in [0.5, 0.6) is 0 Å². The number of nitrogen functional groups attached to an aromatic ring is 1. The number of nitrogens with zero attached hydrogens (tertiary/aromatic N) is 3. The summed E-state index contributed by atoms with van der Waals surface area (Å²) in [5.41, 5.74) is 10.2. The van der Waals surface area contributed by atoms with E-state index in [-0.39, 0.29) is 24.7 Å². The van der Waals surface area contributed by atoms with Crippen LogP contribution in [0, 0.1) is 26.6 Å². The number of pyridine rings is 1. The van der Waals surface area contributed by atoms with Crippen LogP contribution < -0.4 is 27.7 Å². The van der Waals surface area contributed by atoms with Gasteiger partial charge >= 0.3 is 5.69 Å². The van der Waals surface area contributed by atoms with Crippen LogP contribution in [0.1, 0.15) is 28.1 Å². The number of hydrogen-bond acceptors (Lipinski definition) is 6. The van der Waals surface area contributed by atoms with Gasteiger partial charge in [0.05, 0.1) is 6.54 Å². The summed E-state index contributed by atoms with van der Waals surface area (Å²) in [4.78, 5) is 42.0. The molecular weight excluding hydrogens is 451 g/mol. The zero-order valence-electron chi connectivity index (χ0n) is 18.4. The van der Waals surface area contributed by atoms with Gasteiger partial charge in [-0.05, 0) is 61.7 Å². The molecule has 2 heterocycles. The molecular formula is C22H24ClFN6O3.